The summed E-state index contributed by atoms with van der Waals surface area (Å²) in [6, 6.07) is 0. The highest BCUT2D eigenvalue weighted by Gasteiger charge is 2.39. The van der Waals surface area contributed by atoms with Gasteiger partial charge in [-0.2, -0.15) is 0 Å². The number of aliphatic hydroxyl groups is 1. The lowest BCUT2D eigenvalue weighted by molar-refractivity contribution is -0.120. The summed E-state index contributed by atoms with van der Waals surface area (Å²) in [4.78, 5) is 17.4. The molecule has 17 heavy (non-hydrogen) atoms. The number of carbonyl (C=O) groups excluding carboxylic acids is 1. The van der Waals surface area contributed by atoms with Crippen molar-refractivity contribution in [3.63, 3.8) is 0 Å². The highest BCUT2D eigenvalue weighted by Crippen LogP contribution is 2.33. The van der Waals surface area contributed by atoms with Gasteiger partial charge in [0.1, 0.15) is 18.6 Å². The Morgan fingerprint density at radius 3 is 2.82 bits per heavy atom. The Morgan fingerprint density at radius 2 is 2.18 bits per heavy atom. The largest absolute Gasteiger partial charge is 0.374 e. The van der Waals surface area contributed by atoms with E-state index >= 15 is 0 Å². The van der Waals surface area contributed by atoms with Gasteiger partial charge in [-0.3, -0.25) is 9.79 Å². The number of amidine groups is 1. The van der Waals surface area contributed by atoms with E-state index in [-0.39, 0.29) is 5.78 Å². The van der Waals surface area contributed by atoms with Crippen LogP contribution >= 0.6 is 0 Å². The molecule has 1 fully saturated rings. The second-order valence-corrected chi connectivity index (χ2v) is 6.35. The van der Waals surface area contributed by atoms with Crippen LogP contribution in [0.1, 0.15) is 40.0 Å². The van der Waals surface area contributed by atoms with Crippen molar-refractivity contribution in [2.24, 2.45) is 16.3 Å². The number of aliphatic hydroxyl groups excluding tert-OH is 1. The first-order valence-electron chi connectivity index (χ1n) is 6.37. The molecule has 4 nitrogen and oxygen atoms in total. The zero-order chi connectivity index (χ0) is 12.6. The predicted molar refractivity (Wildman–Crippen MR) is 66.8 cm³/mol. The van der Waals surface area contributed by atoms with Crippen molar-refractivity contribution in [1.29, 1.82) is 0 Å². The molecule has 2 aliphatic heterocycles. The van der Waals surface area contributed by atoms with Gasteiger partial charge >= 0.3 is 0 Å². The van der Waals surface area contributed by atoms with Gasteiger partial charge in [-0.15, -0.1) is 0 Å². The normalized spacial score (nSPS) is 29.3. The van der Waals surface area contributed by atoms with Gasteiger partial charge in [0.15, 0.2) is 5.78 Å². The Balaban J connectivity index is 2.03. The number of carbonyl (C=O) groups is 1. The maximum atomic E-state index is 11.3. The highest BCUT2D eigenvalue weighted by atomic mass is 16.3. The predicted octanol–water partition coefficient (Wildman–Crippen LogP) is 1.43. The molecule has 0 aromatic heterocycles. The minimum Gasteiger partial charge on any atom is -0.374 e. The molecule has 0 amide bonds. The quantitative estimate of drug-likeness (QED) is 0.792. The summed E-state index contributed by atoms with van der Waals surface area (Å²) in [6.07, 6.45) is 2.38. The van der Waals surface area contributed by atoms with Crippen LogP contribution in [0.25, 0.3) is 0 Å². The zero-order valence-corrected chi connectivity index (χ0v) is 10.9. The number of hydrogen-bond donors (Lipinski definition) is 1. The van der Waals surface area contributed by atoms with E-state index in [1.807, 2.05) is 0 Å². The van der Waals surface area contributed by atoms with E-state index in [1.54, 1.807) is 4.90 Å². The summed E-state index contributed by atoms with van der Waals surface area (Å²) in [5.74, 6) is 1.39. The first-order valence-corrected chi connectivity index (χ1v) is 6.37. The van der Waals surface area contributed by atoms with Crippen molar-refractivity contribution in [3.8, 4) is 0 Å². The van der Waals surface area contributed by atoms with E-state index in [9.17, 15) is 9.90 Å². The SMILES string of the molecule is CC(C)(C)CCC1CC(O)N2CC(=O)CN=C12. The summed E-state index contributed by atoms with van der Waals surface area (Å²) >= 11 is 0. The molecule has 2 aliphatic rings. The van der Waals surface area contributed by atoms with Crippen molar-refractivity contribution >= 4 is 11.6 Å². The van der Waals surface area contributed by atoms with Crippen LogP contribution in [0.4, 0.5) is 0 Å². The van der Waals surface area contributed by atoms with Crippen LogP contribution in [0.3, 0.4) is 0 Å². The Bertz CT molecular complexity index is 344. The number of fused-ring (bicyclic) bond motifs is 1. The fourth-order valence-corrected chi connectivity index (χ4v) is 2.54. The van der Waals surface area contributed by atoms with Crippen LogP contribution in [-0.2, 0) is 4.79 Å². The van der Waals surface area contributed by atoms with Crippen molar-refractivity contribution in [1.82, 2.24) is 4.90 Å². The van der Waals surface area contributed by atoms with Gasteiger partial charge in [0.25, 0.3) is 0 Å². The van der Waals surface area contributed by atoms with Crippen LogP contribution < -0.4 is 0 Å². The molecule has 2 heterocycles. The van der Waals surface area contributed by atoms with Gasteiger partial charge in [0.05, 0.1) is 6.54 Å². The lowest BCUT2D eigenvalue weighted by Gasteiger charge is -2.27. The molecule has 0 aliphatic carbocycles. The molecule has 0 aromatic rings. The molecule has 0 aromatic carbocycles. The molecule has 0 spiro atoms. The molecule has 2 unspecified atom stereocenters. The average Bonchev–Trinajstić information content (AvgIpc) is 2.52. The average molecular weight is 238 g/mol. The second kappa shape index (κ2) is 4.41. The molecule has 4 heteroatoms. The molecule has 2 atom stereocenters. The minimum atomic E-state index is -0.511. The van der Waals surface area contributed by atoms with Gasteiger partial charge in [0, 0.05) is 12.3 Å². The molecular formula is C13H22N2O2. The molecule has 2 rings (SSSR count). The molecule has 1 saturated heterocycles. The number of hydrogen-bond acceptors (Lipinski definition) is 4. The fourth-order valence-electron chi connectivity index (χ4n) is 2.54. The monoisotopic (exact) mass is 238 g/mol. The van der Waals surface area contributed by atoms with Gasteiger partial charge in [-0.1, -0.05) is 20.8 Å². The number of ketones is 1. The van der Waals surface area contributed by atoms with E-state index in [0.717, 1.165) is 25.1 Å². The van der Waals surface area contributed by atoms with Crippen molar-refractivity contribution in [2.45, 2.75) is 46.3 Å². The Labute approximate surface area is 103 Å². The summed E-state index contributed by atoms with van der Waals surface area (Å²) in [5.41, 5.74) is 0.309. The first-order chi connectivity index (χ1) is 7.87. The van der Waals surface area contributed by atoms with Gasteiger partial charge in [-0.05, 0) is 18.3 Å². The smallest absolute Gasteiger partial charge is 0.173 e. The zero-order valence-electron chi connectivity index (χ0n) is 10.9. The molecule has 0 radical (unpaired) electrons. The van der Waals surface area contributed by atoms with Crippen LogP contribution in [-0.4, -0.2) is 40.9 Å². The third kappa shape index (κ3) is 2.86. The molecular weight excluding hydrogens is 216 g/mol. The van der Waals surface area contributed by atoms with Gasteiger partial charge in [0.2, 0.25) is 0 Å². The lowest BCUT2D eigenvalue weighted by Crippen LogP contribution is -2.42. The topological polar surface area (TPSA) is 52.9 Å². The standard InChI is InChI=1S/C13H22N2O2/c1-13(2,3)5-4-9-6-11(17)15-8-10(16)7-14-12(9)15/h9,11,17H,4-8H2,1-3H3. The van der Waals surface area contributed by atoms with E-state index in [4.69, 9.17) is 0 Å². The van der Waals surface area contributed by atoms with Crippen LogP contribution in [0.2, 0.25) is 0 Å². The van der Waals surface area contributed by atoms with Crippen LogP contribution in [0.5, 0.6) is 0 Å². The third-order valence-corrected chi connectivity index (χ3v) is 3.52. The summed E-state index contributed by atoms with van der Waals surface area (Å²) < 4.78 is 0. The van der Waals surface area contributed by atoms with Crippen molar-refractivity contribution < 1.29 is 9.90 Å². The highest BCUT2D eigenvalue weighted by molar-refractivity contribution is 5.97. The summed E-state index contributed by atoms with van der Waals surface area (Å²) in [5, 5.41) is 9.93. The molecule has 0 saturated carbocycles. The number of rotatable bonds is 2. The van der Waals surface area contributed by atoms with Crippen molar-refractivity contribution in [3.05, 3.63) is 0 Å². The number of Topliss-reactive ketones (excluding diaryl/α,β-unsaturated/α-hetero) is 1. The van der Waals surface area contributed by atoms with E-state index in [2.05, 4.69) is 25.8 Å². The molecule has 96 valence electrons. The lowest BCUT2D eigenvalue weighted by atomic mass is 9.86. The maximum Gasteiger partial charge on any atom is 0.173 e. The van der Waals surface area contributed by atoms with E-state index < -0.39 is 6.23 Å². The second-order valence-electron chi connectivity index (χ2n) is 6.35. The van der Waals surface area contributed by atoms with E-state index in [1.165, 1.54) is 0 Å². The van der Waals surface area contributed by atoms with Crippen LogP contribution in [0.15, 0.2) is 4.99 Å². The molecule has 1 N–H and O–H groups in total. The summed E-state index contributed by atoms with van der Waals surface area (Å²) in [6.45, 7) is 7.31. The van der Waals surface area contributed by atoms with Gasteiger partial charge < -0.3 is 10.0 Å². The Morgan fingerprint density at radius 1 is 1.47 bits per heavy atom. The first kappa shape index (κ1) is 12.6. The third-order valence-electron chi connectivity index (χ3n) is 3.52. The van der Waals surface area contributed by atoms with Gasteiger partial charge in [-0.25, -0.2) is 0 Å². The number of aliphatic imine (C=N–C) groups is 1. The summed E-state index contributed by atoms with van der Waals surface area (Å²) in [7, 11) is 0. The molecule has 0 bridgehead atoms. The number of nitrogens with zero attached hydrogens (tertiary/aromatic N) is 2. The minimum absolute atomic E-state index is 0.101. The van der Waals surface area contributed by atoms with Crippen molar-refractivity contribution in [2.75, 3.05) is 13.1 Å². The van der Waals surface area contributed by atoms with Crippen LogP contribution in [0, 0.1) is 11.3 Å². The Hall–Kier alpha value is -0.900. The maximum absolute atomic E-state index is 11.3. The van der Waals surface area contributed by atoms with E-state index in [0.29, 0.717) is 24.4 Å². The fraction of sp³-hybridized carbons (Fsp3) is 0.846. The Kier molecular flexibility index (Phi) is 3.25.